The Kier molecular flexibility index (Phi) is 5.14. The number of nitrogens with one attached hydrogen (secondary N) is 2. The number of carbonyl (C=O) groups excluding carboxylic acids is 1. The summed E-state index contributed by atoms with van der Waals surface area (Å²) in [4.78, 5) is 13.2. The number of anilines is 1. The Labute approximate surface area is 150 Å². The minimum atomic E-state index is -0.0930. The van der Waals surface area contributed by atoms with E-state index in [4.69, 9.17) is 32.7 Å². The smallest absolute Gasteiger partial charge is 0.279 e. The molecule has 1 unspecified atom stereocenters. The van der Waals surface area contributed by atoms with Crippen molar-refractivity contribution in [3.05, 3.63) is 52.0 Å². The number of fused-ring (bicyclic) bond motifs is 1. The number of likely N-dealkylation sites (N-methyl/N-ethyl adjacent to an activating group) is 1. The van der Waals surface area contributed by atoms with Gasteiger partial charge in [-0.1, -0.05) is 35.3 Å². The lowest BCUT2D eigenvalue weighted by molar-refractivity contribution is -0.885. The molecule has 1 aliphatic heterocycles. The summed E-state index contributed by atoms with van der Waals surface area (Å²) < 4.78 is 10.5. The molecule has 1 atom stereocenters. The molecule has 5 nitrogen and oxygen atoms in total. The van der Waals surface area contributed by atoms with Crippen molar-refractivity contribution in [2.24, 2.45) is 0 Å². The lowest BCUT2D eigenvalue weighted by Gasteiger charge is -2.15. The molecule has 2 aromatic carbocycles. The molecule has 0 bridgehead atoms. The summed E-state index contributed by atoms with van der Waals surface area (Å²) >= 11 is 12.2. The Balaban J connectivity index is 1.57. The van der Waals surface area contributed by atoms with Crippen LogP contribution in [-0.4, -0.2) is 26.3 Å². The zero-order chi connectivity index (χ0) is 17.1. The predicted octanol–water partition coefficient (Wildman–Crippen LogP) is 2.38. The van der Waals surface area contributed by atoms with Gasteiger partial charge in [0.25, 0.3) is 5.91 Å². The largest absolute Gasteiger partial charge is 0.454 e. The molecule has 0 spiro atoms. The SMILES string of the molecule is C[NH+](CC(=O)Nc1ccc2c(c1)OCO2)Cc1cccc(Cl)c1Cl. The van der Waals surface area contributed by atoms with E-state index in [0.29, 0.717) is 40.3 Å². The highest BCUT2D eigenvalue weighted by Crippen LogP contribution is 2.34. The first-order valence-electron chi connectivity index (χ1n) is 7.46. The second kappa shape index (κ2) is 7.30. The van der Waals surface area contributed by atoms with Crippen molar-refractivity contribution in [1.82, 2.24) is 0 Å². The van der Waals surface area contributed by atoms with E-state index in [-0.39, 0.29) is 12.7 Å². The number of rotatable bonds is 5. The Morgan fingerprint density at radius 1 is 1.21 bits per heavy atom. The van der Waals surface area contributed by atoms with Crippen molar-refractivity contribution in [3.63, 3.8) is 0 Å². The number of halogens is 2. The second-order valence-corrected chi connectivity index (χ2v) is 6.42. The van der Waals surface area contributed by atoms with Crippen molar-refractivity contribution in [1.29, 1.82) is 0 Å². The second-order valence-electron chi connectivity index (χ2n) is 5.64. The highest BCUT2D eigenvalue weighted by atomic mass is 35.5. The number of ether oxygens (including phenoxy) is 2. The third-order valence-electron chi connectivity index (χ3n) is 3.64. The van der Waals surface area contributed by atoms with E-state index in [9.17, 15) is 4.79 Å². The van der Waals surface area contributed by atoms with Gasteiger partial charge in [0, 0.05) is 17.3 Å². The number of carbonyl (C=O) groups is 1. The normalized spacial score (nSPS) is 13.6. The zero-order valence-corrected chi connectivity index (χ0v) is 14.6. The van der Waals surface area contributed by atoms with Crippen LogP contribution in [0, 0.1) is 0 Å². The highest BCUT2D eigenvalue weighted by molar-refractivity contribution is 6.42. The first-order valence-corrected chi connectivity index (χ1v) is 8.22. The van der Waals surface area contributed by atoms with E-state index in [1.54, 1.807) is 24.3 Å². The molecule has 1 aliphatic rings. The van der Waals surface area contributed by atoms with Crippen molar-refractivity contribution < 1.29 is 19.2 Å². The fourth-order valence-corrected chi connectivity index (χ4v) is 2.91. The van der Waals surface area contributed by atoms with E-state index in [1.165, 1.54) is 0 Å². The molecule has 0 fully saturated rings. The van der Waals surface area contributed by atoms with Crippen LogP contribution in [-0.2, 0) is 11.3 Å². The van der Waals surface area contributed by atoms with Crippen LogP contribution in [0.1, 0.15) is 5.56 Å². The van der Waals surface area contributed by atoms with Gasteiger partial charge in [0.1, 0.15) is 6.54 Å². The number of benzene rings is 2. The summed E-state index contributed by atoms with van der Waals surface area (Å²) in [7, 11) is 1.93. The number of hydrogen-bond donors (Lipinski definition) is 2. The lowest BCUT2D eigenvalue weighted by Crippen LogP contribution is -3.08. The van der Waals surface area contributed by atoms with E-state index in [0.717, 1.165) is 10.5 Å². The van der Waals surface area contributed by atoms with Crippen LogP contribution in [0.25, 0.3) is 0 Å². The maximum absolute atomic E-state index is 12.2. The fourth-order valence-electron chi connectivity index (χ4n) is 2.53. The molecule has 3 rings (SSSR count). The van der Waals surface area contributed by atoms with Gasteiger partial charge in [0.05, 0.1) is 17.1 Å². The van der Waals surface area contributed by atoms with Gasteiger partial charge in [-0.3, -0.25) is 4.79 Å². The number of hydrogen-bond acceptors (Lipinski definition) is 3. The average Bonchev–Trinajstić information content (AvgIpc) is 2.99. The molecule has 0 aliphatic carbocycles. The van der Waals surface area contributed by atoms with Crippen LogP contribution in [0.15, 0.2) is 36.4 Å². The lowest BCUT2D eigenvalue weighted by atomic mass is 10.2. The summed E-state index contributed by atoms with van der Waals surface area (Å²) in [5.74, 6) is 1.23. The topological polar surface area (TPSA) is 52.0 Å². The predicted molar refractivity (Wildman–Crippen MR) is 93.1 cm³/mol. The van der Waals surface area contributed by atoms with Crippen LogP contribution < -0.4 is 19.7 Å². The van der Waals surface area contributed by atoms with E-state index in [1.807, 2.05) is 19.2 Å². The Bertz CT molecular complexity index is 767. The van der Waals surface area contributed by atoms with Gasteiger partial charge in [0.2, 0.25) is 6.79 Å². The fraction of sp³-hybridized carbons (Fsp3) is 0.235. The summed E-state index contributed by atoms with van der Waals surface area (Å²) in [6.07, 6.45) is 0. The average molecular weight is 368 g/mol. The Morgan fingerprint density at radius 3 is 2.83 bits per heavy atom. The zero-order valence-electron chi connectivity index (χ0n) is 13.1. The third-order valence-corrected chi connectivity index (χ3v) is 4.50. The van der Waals surface area contributed by atoms with Gasteiger partial charge in [-0.15, -0.1) is 0 Å². The maximum Gasteiger partial charge on any atom is 0.279 e. The molecule has 24 heavy (non-hydrogen) atoms. The number of quaternary nitrogens is 1. The monoisotopic (exact) mass is 367 g/mol. The van der Waals surface area contributed by atoms with E-state index >= 15 is 0 Å². The first-order chi connectivity index (χ1) is 11.5. The van der Waals surface area contributed by atoms with E-state index in [2.05, 4.69) is 5.32 Å². The molecule has 1 amide bonds. The van der Waals surface area contributed by atoms with Crippen molar-refractivity contribution >= 4 is 34.8 Å². The van der Waals surface area contributed by atoms with Crippen LogP contribution >= 0.6 is 23.2 Å². The molecule has 0 aromatic heterocycles. The molecular weight excluding hydrogens is 351 g/mol. The van der Waals surface area contributed by atoms with Gasteiger partial charge in [-0.25, -0.2) is 0 Å². The van der Waals surface area contributed by atoms with Crippen LogP contribution in [0.2, 0.25) is 10.0 Å². The van der Waals surface area contributed by atoms with Crippen LogP contribution in [0.3, 0.4) is 0 Å². The summed E-state index contributed by atoms with van der Waals surface area (Å²) in [5, 5.41) is 3.92. The maximum atomic E-state index is 12.2. The van der Waals surface area contributed by atoms with Crippen LogP contribution in [0.5, 0.6) is 11.5 Å². The van der Waals surface area contributed by atoms with Gasteiger partial charge >= 0.3 is 0 Å². The standard InChI is InChI=1S/C17H16Cl2N2O3/c1-21(8-11-3-2-4-13(18)17(11)19)9-16(22)20-12-5-6-14-15(7-12)24-10-23-14/h2-7H,8-10H2,1H3,(H,20,22)/p+1. The summed E-state index contributed by atoms with van der Waals surface area (Å²) in [6, 6.07) is 10.8. The highest BCUT2D eigenvalue weighted by Gasteiger charge is 2.16. The molecule has 0 saturated heterocycles. The van der Waals surface area contributed by atoms with Gasteiger partial charge < -0.3 is 19.7 Å². The van der Waals surface area contributed by atoms with Crippen LogP contribution in [0.4, 0.5) is 5.69 Å². The molecule has 2 N–H and O–H groups in total. The molecule has 126 valence electrons. The molecule has 2 aromatic rings. The minimum absolute atomic E-state index is 0.0930. The third kappa shape index (κ3) is 3.93. The number of amides is 1. The van der Waals surface area contributed by atoms with Gasteiger partial charge in [-0.2, -0.15) is 0 Å². The molecule has 7 heteroatoms. The van der Waals surface area contributed by atoms with Gasteiger partial charge in [0.15, 0.2) is 18.0 Å². The Hall–Kier alpha value is -1.95. The quantitative estimate of drug-likeness (QED) is 0.852. The molecule has 1 heterocycles. The molecular formula is C17H17Cl2N2O3+. The van der Waals surface area contributed by atoms with Crippen molar-refractivity contribution in [2.75, 3.05) is 25.7 Å². The molecule has 0 saturated carbocycles. The Morgan fingerprint density at radius 2 is 2.00 bits per heavy atom. The van der Waals surface area contributed by atoms with E-state index < -0.39 is 0 Å². The van der Waals surface area contributed by atoms with Crippen molar-refractivity contribution in [2.45, 2.75) is 6.54 Å². The van der Waals surface area contributed by atoms with Gasteiger partial charge in [-0.05, 0) is 18.2 Å². The first kappa shape index (κ1) is 16.9. The summed E-state index contributed by atoms with van der Waals surface area (Å²) in [5.41, 5.74) is 1.59. The minimum Gasteiger partial charge on any atom is -0.454 e. The molecule has 0 radical (unpaired) electrons. The van der Waals surface area contributed by atoms with Crippen molar-refractivity contribution in [3.8, 4) is 11.5 Å². The summed E-state index contributed by atoms with van der Waals surface area (Å²) in [6.45, 7) is 1.12.